The molecular formula is C31H50O3. The van der Waals surface area contributed by atoms with Crippen LogP contribution in [0, 0.1) is 46.3 Å². The standard InChI is InChI=1S/C31H50O3/c1-20(2)8-7-9-21(3)26-12-13-27-25-11-10-23-19-24(34-29(33)18-22(4)32)14-16-30(23,5)28(25)15-17-31(26,27)6/h10,20-21,24-28H,7-9,11-19H2,1-6H3/t21-,24?,25?,26-,27?,28?,30+,31-/m1/s1. The molecule has 0 heterocycles. The van der Waals surface area contributed by atoms with Gasteiger partial charge in [0.25, 0.3) is 0 Å². The summed E-state index contributed by atoms with van der Waals surface area (Å²) < 4.78 is 5.70. The van der Waals surface area contributed by atoms with E-state index < -0.39 is 0 Å². The Bertz CT molecular complexity index is 796. The van der Waals surface area contributed by atoms with E-state index in [2.05, 4.69) is 40.7 Å². The molecule has 3 nitrogen and oxygen atoms in total. The van der Waals surface area contributed by atoms with Crippen molar-refractivity contribution in [3.8, 4) is 0 Å². The predicted octanol–water partition coefficient (Wildman–Crippen LogP) is 7.92. The average Bonchev–Trinajstić information content (AvgIpc) is 3.10. The highest BCUT2D eigenvalue weighted by Crippen LogP contribution is 2.67. The summed E-state index contributed by atoms with van der Waals surface area (Å²) >= 11 is 0. The Labute approximate surface area is 208 Å². The minimum Gasteiger partial charge on any atom is -0.462 e. The smallest absolute Gasteiger partial charge is 0.313 e. The van der Waals surface area contributed by atoms with E-state index in [1.807, 2.05) is 0 Å². The van der Waals surface area contributed by atoms with E-state index in [1.165, 1.54) is 58.3 Å². The lowest BCUT2D eigenvalue weighted by atomic mass is 9.47. The van der Waals surface area contributed by atoms with Gasteiger partial charge in [0.1, 0.15) is 18.3 Å². The molecule has 0 aromatic heterocycles. The van der Waals surface area contributed by atoms with E-state index >= 15 is 0 Å². The van der Waals surface area contributed by atoms with Crippen LogP contribution in [0.1, 0.15) is 119 Å². The molecule has 4 aliphatic carbocycles. The largest absolute Gasteiger partial charge is 0.462 e. The van der Waals surface area contributed by atoms with E-state index in [0.29, 0.717) is 5.41 Å². The molecule has 0 aromatic carbocycles. The fourth-order valence-corrected chi connectivity index (χ4v) is 9.18. The fourth-order valence-electron chi connectivity index (χ4n) is 9.18. The summed E-state index contributed by atoms with van der Waals surface area (Å²) in [6, 6.07) is 0. The predicted molar refractivity (Wildman–Crippen MR) is 138 cm³/mol. The number of ketones is 1. The topological polar surface area (TPSA) is 43.4 Å². The molecule has 4 aliphatic rings. The van der Waals surface area contributed by atoms with Crippen LogP contribution in [0.3, 0.4) is 0 Å². The Balaban J connectivity index is 1.43. The molecule has 0 aliphatic heterocycles. The van der Waals surface area contributed by atoms with Crippen molar-refractivity contribution in [3.63, 3.8) is 0 Å². The number of ether oxygens (including phenoxy) is 1. The molecule has 0 radical (unpaired) electrons. The number of carbonyl (C=O) groups is 2. The zero-order valence-electron chi connectivity index (χ0n) is 22.8. The minimum atomic E-state index is -0.344. The van der Waals surface area contributed by atoms with Crippen LogP contribution < -0.4 is 0 Å². The van der Waals surface area contributed by atoms with E-state index in [9.17, 15) is 9.59 Å². The quantitative estimate of drug-likeness (QED) is 0.205. The Morgan fingerprint density at radius 3 is 2.50 bits per heavy atom. The average molecular weight is 471 g/mol. The Morgan fingerprint density at radius 2 is 1.79 bits per heavy atom. The van der Waals surface area contributed by atoms with Gasteiger partial charge in [0.05, 0.1) is 0 Å². The maximum Gasteiger partial charge on any atom is 0.313 e. The van der Waals surface area contributed by atoms with Crippen molar-refractivity contribution in [2.24, 2.45) is 46.3 Å². The fraction of sp³-hybridized carbons (Fsp3) is 0.871. The van der Waals surface area contributed by atoms with Crippen LogP contribution in [0.5, 0.6) is 0 Å². The summed E-state index contributed by atoms with van der Waals surface area (Å²) in [7, 11) is 0. The first-order valence-electron chi connectivity index (χ1n) is 14.4. The Hall–Kier alpha value is -1.12. The molecule has 3 fully saturated rings. The zero-order chi connectivity index (χ0) is 24.7. The van der Waals surface area contributed by atoms with Crippen LogP contribution in [-0.4, -0.2) is 17.9 Å². The second kappa shape index (κ2) is 10.1. The molecule has 192 valence electrons. The molecular weight excluding hydrogens is 420 g/mol. The third-order valence-electron chi connectivity index (χ3n) is 11.0. The van der Waals surface area contributed by atoms with Crippen LogP contribution >= 0.6 is 0 Å². The number of fused-ring (bicyclic) bond motifs is 5. The van der Waals surface area contributed by atoms with Crippen LogP contribution in [0.25, 0.3) is 0 Å². The van der Waals surface area contributed by atoms with Crippen molar-refractivity contribution in [2.75, 3.05) is 0 Å². The van der Waals surface area contributed by atoms with Gasteiger partial charge in [-0.2, -0.15) is 0 Å². The lowest BCUT2D eigenvalue weighted by molar-refractivity contribution is -0.153. The van der Waals surface area contributed by atoms with Gasteiger partial charge in [0.2, 0.25) is 0 Å². The van der Waals surface area contributed by atoms with Gasteiger partial charge in [-0.25, -0.2) is 0 Å². The number of esters is 1. The normalized spacial score (nSPS) is 40.1. The number of rotatable bonds is 8. The van der Waals surface area contributed by atoms with Gasteiger partial charge in [-0.1, -0.05) is 65.5 Å². The van der Waals surface area contributed by atoms with Crippen molar-refractivity contribution in [2.45, 2.75) is 125 Å². The van der Waals surface area contributed by atoms with E-state index in [0.717, 1.165) is 54.8 Å². The second-order valence-electron chi connectivity index (χ2n) is 13.5. The zero-order valence-corrected chi connectivity index (χ0v) is 22.8. The first-order valence-corrected chi connectivity index (χ1v) is 14.4. The van der Waals surface area contributed by atoms with Crippen molar-refractivity contribution >= 4 is 11.8 Å². The molecule has 3 heteroatoms. The van der Waals surface area contributed by atoms with Gasteiger partial charge in [-0.05, 0) is 98.2 Å². The second-order valence-corrected chi connectivity index (χ2v) is 13.5. The highest BCUT2D eigenvalue weighted by atomic mass is 16.5. The first kappa shape index (κ1) is 26.0. The molecule has 4 unspecified atom stereocenters. The van der Waals surface area contributed by atoms with E-state index in [-0.39, 0.29) is 29.7 Å². The van der Waals surface area contributed by atoms with E-state index in [1.54, 1.807) is 5.57 Å². The molecule has 0 amide bonds. The van der Waals surface area contributed by atoms with Crippen molar-refractivity contribution < 1.29 is 14.3 Å². The number of hydrogen-bond acceptors (Lipinski definition) is 3. The first-order chi connectivity index (χ1) is 16.0. The van der Waals surface area contributed by atoms with Crippen LogP contribution in [0.2, 0.25) is 0 Å². The number of hydrogen-bond donors (Lipinski definition) is 0. The van der Waals surface area contributed by atoms with Gasteiger partial charge < -0.3 is 4.74 Å². The van der Waals surface area contributed by atoms with Gasteiger partial charge in [0, 0.05) is 6.42 Å². The molecule has 3 saturated carbocycles. The molecule has 0 bridgehead atoms. The van der Waals surface area contributed by atoms with Crippen molar-refractivity contribution in [1.82, 2.24) is 0 Å². The molecule has 0 N–H and O–H groups in total. The Morgan fingerprint density at radius 1 is 1.03 bits per heavy atom. The lowest BCUT2D eigenvalue weighted by Crippen LogP contribution is -2.51. The number of allylic oxidation sites excluding steroid dienone is 1. The maximum absolute atomic E-state index is 12.1. The third kappa shape index (κ3) is 4.92. The van der Waals surface area contributed by atoms with Crippen molar-refractivity contribution in [1.29, 1.82) is 0 Å². The minimum absolute atomic E-state index is 0.0425. The summed E-state index contributed by atoms with van der Waals surface area (Å²) in [4.78, 5) is 23.4. The Kier molecular flexibility index (Phi) is 7.71. The van der Waals surface area contributed by atoms with Gasteiger partial charge in [-0.15, -0.1) is 0 Å². The van der Waals surface area contributed by atoms with Gasteiger partial charge in [-0.3, -0.25) is 9.59 Å². The summed E-state index contributed by atoms with van der Waals surface area (Å²) in [5, 5.41) is 0. The summed E-state index contributed by atoms with van der Waals surface area (Å²) in [6.45, 7) is 13.9. The summed E-state index contributed by atoms with van der Waals surface area (Å²) in [6.07, 6.45) is 16.4. The molecule has 0 saturated heterocycles. The number of carbonyl (C=O) groups excluding carboxylic acids is 2. The van der Waals surface area contributed by atoms with Crippen LogP contribution in [0.4, 0.5) is 0 Å². The lowest BCUT2D eigenvalue weighted by Gasteiger charge is -2.58. The highest BCUT2D eigenvalue weighted by molar-refractivity contribution is 5.94. The van der Waals surface area contributed by atoms with Crippen LogP contribution in [0.15, 0.2) is 11.6 Å². The third-order valence-corrected chi connectivity index (χ3v) is 11.0. The summed E-state index contributed by atoms with van der Waals surface area (Å²) in [5.41, 5.74) is 2.34. The SMILES string of the molecule is CC(=O)CC(=O)OC1CC[C@@]2(C)C(=CCC3C2CC[C@@]2(C)C3CC[C@@H]2[C@H](C)CCCC(C)C)C1. The van der Waals surface area contributed by atoms with Gasteiger partial charge >= 0.3 is 5.97 Å². The highest BCUT2D eigenvalue weighted by Gasteiger charge is 2.59. The van der Waals surface area contributed by atoms with Crippen LogP contribution in [-0.2, 0) is 14.3 Å². The summed E-state index contributed by atoms with van der Waals surface area (Å²) in [5.74, 6) is 4.63. The molecule has 4 rings (SSSR count). The molecule has 8 atom stereocenters. The molecule has 0 spiro atoms. The molecule has 34 heavy (non-hydrogen) atoms. The van der Waals surface area contributed by atoms with Crippen molar-refractivity contribution in [3.05, 3.63) is 11.6 Å². The number of Topliss-reactive ketones (excluding diaryl/α,β-unsaturated/α-hetero) is 1. The maximum atomic E-state index is 12.1. The molecule has 0 aromatic rings. The van der Waals surface area contributed by atoms with Gasteiger partial charge in [0.15, 0.2) is 0 Å². The van der Waals surface area contributed by atoms with E-state index in [4.69, 9.17) is 4.74 Å². The monoisotopic (exact) mass is 470 g/mol.